The predicted molar refractivity (Wildman–Crippen MR) is 131 cm³/mol. The highest BCUT2D eigenvalue weighted by molar-refractivity contribution is 9.10. The minimum Gasteiger partial charge on any atom is -0.495 e. The number of anilines is 1. The van der Waals surface area contributed by atoms with Crippen LogP contribution in [0.5, 0.6) is 11.5 Å². The minimum absolute atomic E-state index is 0.0129. The van der Waals surface area contributed by atoms with Crippen molar-refractivity contribution in [2.45, 2.75) is 11.4 Å². The fraction of sp³-hybridized carbons (Fsp3) is 0.174. The highest BCUT2D eigenvalue weighted by Crippen LogP contribution is 2.36. The van der Waals surface area contributed by atoms with Crippen LogP contribution < -0.4 is 14.8 Å². The summed E-state index contributed by atoms with van der Waals surface area (Å²) in [6.07, 6.45) is 0. The Bertz CT molecular complexity index is 1220. The van der Waals surface area contributed by atoms with E-state index in [0.717, 1.165) is 14.3 Å². The average Bonchev–Trinajstić information content (AvgIpc) is 2.81. The van der Waals surface area contributed by atoms with Gasteiger partial charge in [0.1, 0.15) is 11.5 Å². The molecule has 0 spiro atoms. The van der Waals surface area contributed by atoms with Crippen LogP contribution in [0.4, 0.5) is 5.69 Å². The van der Waals surface area contributed by atoms with Crippen LogP contribution in [0.1, 0.15) is 5.56 Å². The van der Waals surface area contributed by atoms with E-state index >= 15 is 0 Å². The third-order valence-electron chi connectivity index (χ3n) is 4.72. The molecule has 0 unspecified atom stereocenters. The largest absolute Gasteiger partial charge is 0.495 e. The van der Waals surface area contributed by atoms with E-state index in [1.54, 1.807) is 30.3 Å². The molecule has 1 amide bonds. The van der Waals surface area contributed by atoms with Gasteiger partial charge < -0.3 is 14.8 Å². The molecule has 0 atom stereocenters. The molecule has 10 heteroatoms. The molecule has 0 aliphatic heterocycles. The van der Waals surface area contributed by atoms with Gasteiger partial charge in [-0.05, 0) is 29.8 Å². The maximum absolute atomic E-state index is 13.3. The van der Waals surface area contributed by atoms with Crippen molar-refractivity contribution in [1.29, 1.82) is 0 Å². The number of rotatable bonds is 9. The lowest BCUT2D eigenvalue weighted by Crippen LogP contribution is -2.37. The summed E-state index contributed by atoms with van der Waals surface area (Å²) >= 11 is 9.49. The van der Waals surface area contributed by atoms with E-state index in [4.69, 9.17) is 21.1 Å². The zero-order valence-corrected chi connectivity index (χ0v) is 21.1. The second kappa shape index (κ2) is 11.0. The number of carbonyl (C=O) groups excluding carboxylic acids is 1. The van der Waals surface area contributed by atoms with Crippen molar-refractivity contribution in [2.75, 3.05) is 26.1 Å². The Labute approximate surface area is 206 Å². The molecule has 0 saturated carbocycles. The summed E-state index contributed by atoms with van der Waals surface area (Å²) in [5.41, 5.74) is 1.04. The van der Waals surface area contributed by atoms with Gasteiger partial charge in [-0.1, -0.05) is 57.9 Å². The third kappa shape index (κ3) is 6.26. The smallest absolute Gasteiger partial charge is 0.243 e. The van der Waals surface area contributed by atoms with Gasteiger partial charge in [-0.25, -0.2) is 8.42 Å². The Hall–Kier alpha value is -2.59. The lowest BCUT2D eigenvalue weighted by Gasteiger charge is -2.22. The van der Waals surface area contributed by atoms with Crippen molar-refractivity contribution >= 4 is 49.1 Å². The standard InChI is InChI=1S/C23H22BrClN2O5S/c1-31-21-13-20(22(32-2)12-19(21)25)26-23(28)15-27(14-16-8-10-17(24)11-9-16)33(29,30)18-6-4-3-5-7-18/h3-13H,14-15H2,1-2H3,(H,26,28). The highest BCUT2D eigenvalue weighted by Gasteiger charge is 2.27. The molecule has 3 aromatic rings. The molecule has 33 heavy (non-hydrogen) atoms. The minimum atomic E-state index is -3.95. The Morgan fingerprint density at radius 2 is 1.64 bits per heavy atom. The summed E-state index contributed by atoms with van der Waals surface area (Å²) < 4.78 is 39.1. The first-order valence-electron chi connectivity index (χ1n) is 9.75. The number of halogens is 2. The Balaban J connectivity index is 1.90. The van der Waals surface area contributed by atoms with Crippen LogP contribution in [0.15, 0.2) is 76.1 Å². The molecule has 0 radical (unpaired) electrons. The zero-order chi connectivity index (χ0) is 24.0. The number of ether oxygens (including phenoxy) is 2. The Kier molecular flexibility index (Phi) is 8.36. The van der Waals surface area contributed by atoms with Gasteiger partial charge >= 0.3 is 0 Å². The maximum Gasteiger partial charge on any atom is 0.243 e. The molecule has 3 aromatic carbocycles. The Morgan fingerprint density at radius 1 is 1.00 bits per heavy atom. The predicted octanol–water partition coefficient (Wildman–Crippen LogP) is 4.95. The number of sulfonamides is 1. The molecule has 0 bridgehead atoms. The molecule has 174 valence electrons. The van der Waals surface area contributed by atoms with Gasteiger partial charge in [-0.3, -0.25) is 4.79 Å². The van der Waals surface area contributed by atoms with E-state index in [1.807, 2.05) is 12.1 Å². The summed E-state index contributed by atoms with van der Waals surface area (Å²) in [5, 5.41) is 3.01. The van der Waals surface area contributed by atoms with Crippen molar-refractivity contribution in [3.8, 4) is 11.5 Å². The molecule has 0 saturated heterocycles. The van der Waals surface area contributed by atoms with Gasteiger partial charge in [0.25, 0.3) is 0 Å². The molecule has 1 N–H and O–H groups in total. The summed E-state index contributed by atoms with van der Waals surface area (Å²) in [7, 11) is -1.06. The van der Waals surface area contributed by atoms with Crippen LogP contribution in [0.2, 0.25) is 5.02 Å². The molecule has 0 aliphatic rings. The Morgan fingerprint density at radius 3 is 2.24 bits per heavy atom. The maximum atomic E-state index is 13.3. The van der Waals surface area contributed by atoms with E-state index in [9.17, 15) is 13.2 Å². The van der Waals surface area contributed by atoms with Crippen LogP contribution in [0.3, 0.4) is 0 Å². The number of nitrogens with zero attached hydrogens (tertiary/aromatic N) is 1. The molecule has 0 aliphatic carbocycles. The number of benzene rings is 3. The fourth-order valence-electron chi connectivity index (χ4n) is 3.07. The first-order valence-corrected chi connectivity index (χ1v) is 12.4. The average molecular weight is 554 g/mol. The van der Waals surface area contributed by atoms with Crippen molar-refractivity contribution in [3.63, 3.8) is 0 Å². The van der Waals surface area contributed by atoms with Gasteiger partial charge in [-0.15, -0.1) is 0 Å². The summed E-state index contributed by atoms with van der Waals surface area (Å²) in [6.45, 7) is -0.402. The molecule has 0 fully saturated rings. The van der Waals surface area contributed by atoms with Crippen LogP contribution in [0, 0.1) is 0 Å². The van der Waals surface area contributed by atoms with Gasteiger partial charge in [0.2, 0.25) is 15.9 Å². The van der Waals surface area contributed by atoms with Crippen LogP contribution in [0.25, 0.3) is 0 Å². The third-order valence-corrected chi connectivity index (χ3v) is 7.35. The topological polar surface area (TPSA) is 84.9 Å². The van der Waals surface area contributed by atoms with E-state index in [2.05, 4.69) is 21.2 Å². The van der Waals surface area contributed by atoms with Crippen molar-refractivity contribution < 1.29 is 22.7 Å². The molecular formula is C23H22BrClN2O5S. The van der Waals surface area contributed by atoms with Gasteiger partial charge in [0.15, 0.2) is 0 Å². The second-order valence-corrected chi connectivity index (χ2v) is 10.2. The van der Waals surface area contributed by atoms with Crippen LogP contribution >= 0.6 is 27.5 Å². The summed E-state index contributed by atoms with van der Waals surface area (Å²) in [6, 6.07) is 18.2. The van der Waals surface area contributed by atoms with Crippen LogP contribution in [-0.2, 0) is 21.4 Å². The number of carbonyl (C=O) groups is 1. The number of methoxy groups -OCH3 is 2. The van der Waals surface area contributed by atoms with E-state index in [-0.39, 0.29) is 11.4 Å². The monoisotopic (exact) mass is 552 g/mol. The molecule has 0 heterocycles. The van der Waals surface area contributed by atoms with Gasteiger partial charge in [-0.2, -0.15) is 4.31 Å². The number of hydrogen-bond acceptors (Lipinski definition) is 5. The summed E-state index contributed by atoms with van der Waals surface area (Å²) in [5.74, 6) is 0.116. The first-order chi connectivity index (χ1) is 15.7. The lowest BCUT2D eigenvalue weighted by atomic mass is 10.2. The van der Waals surface area contributed by atoms with Gasteiger partial charge in [0, 0.05) is 23.2 Å². The molecule has 7 nitrogen and oxygen atoms in total. The fourth-order valence-corrected chi connectivity index (χ4v) is 4.97. The van der Waals surface area contributed by atoms with Crippen molar-refractivity contribution in [1.82, 2.24) is 4.31 Å². The first kappa shape index (κ1) is 25.0. The number of hydrogen-bond donors (Lipinski definition) is 1. The zero-order valence-electron chi connectivity index (χ0n) is 17.9. The van der Waals surface area contributed by atoms with Crippen molar-refractivity contribution in [3.05, 3.63) is 81.8 Å². The number of amides is 1. The van der Waals surface area contributed by atoms with Gasteiger partial charge in [0.05, 0.1) is 36.4 Å². The number of nitrogens with one attached hydrogen (secondary N) is 1. The summed E-state index contributed by atoms with van der Waals surface area (Å²) in [4.78, 5) is 13.0. The lowest BCUT2D eigenvalue weighted by molar-refractivity contribution is -0.116. The van der Waals surface area contributed by atoms with E-state index in [1.165, 1.54) is 38.5 Å². The highest BCUT2D eigenvalue weighted by atomic mass is 79.9. The van der Waals surface area contributed by atoms with E-state index < -0.39 is 22.5 Å². The molecule has 0 aromatic heterocycles. The van der Waals surface area contributed by atoms with E-state index in [0.29, 0.717) is 22.2 Å². The van der Waals surface area contributed by atoms with Crippen molar-refractivity contribution in [2.24, 2.45) is 0 Å². The molecule has 3 rings (SSSR count). The SMILES string of the molecule is COc1cc(NC(=O)CN(Cc2ccc(Br)cc2)S(=O)(=O)c2ccccc2)c(OC)cc1Cl. The second-order valence-electron chi connectivity index (χ2n) is 6.95. The molecular weight excluding hydrogens is 532 g/mol. The normalized spacial score (nSPS) is 11.3. The van der Waals surface area contributed by atoms with Crippen LogP contribution in [-0.4, -0.2) is 39.4 Å². The quantitative estimate of drug-likeness (QED) is 0.405.